The van der Waals surface area contributed by atoms with Gasteiger partial charge in [-0.05, 0) is 36.8 Å². The molecule has 0 atom stereocenters. The first-order valence-electron chi connectivity index (χ1n) is 11.2. The van der Waals surface area contributed by atoms with Crippen LogP contribution in [0.2, 0.25) is 0 Å². The predicted molar refractivity (Wildman–Crippen MR) is 128 cm³/mol. The Bertz CT molecular complexity index is 1370. The number of piperazine rings is 1. The molecule has 1 amide bonds. The number of para-hydroxylation sites is 1. The number of H-pyrrole nitrogens is 1. The van der Waals surface area contributed by atoms with E-state index in [1.54, 1.807) is 18.2 Å². The number of benzene rings is 2. The minimum atomic E-state index is -0.154. The second-order valence-corrected chi connectivity index (χ2v) is 8.29. The third-order valence-corrected chi connectivity index (χ3v) is 5.98. The average molecular weight is 447 g/mol. The van der Waals surface area contributed by atoms with Crippen LogP contribution in [0, 0.1) is 0 Å². The van der Waals surface area contributed by atoms with Gasteiger partial charge in [0.15, 0.2) is 5.58 Å². The van der Waals surface area contributed by atoms with Gasteiger partial charge in [0.2, 0.25) is 5.95 Å². The lowest BCUT2D eigenvalue weighted by atomic mass is 10.1. The van der Waals surface area contributed by atoms with E-state index < -0.39 is 0 Å². The van der Waals surface area contributed by atoms with Crippen molar-refractivity contribution in [3.63, 3.8) is 0 Å². The molecule has 1 fully saturated rings. The summed E-state index contributed by atoms with van der Waals surface area (Å²) in [6.07, 6.45) is 0.994. The van der Waals surface area contributed by atoms with Crippen molar-refractivity contribution in [2.45, 2.75) is 13.3 Å². The lowest BCUT2D eigenvalue weighted by Crippen LogP contribution is -2.49. The number of hydrogen-bond acceptors (Lipinski definition) is 7. The summed E-state index contributed by atoms with van der Waals surface area (Å²) in [5, 5.41) is 0.571. The second kappa shape index (κ2) is 8.57. The molecule has 4 aromatic rings. The van der Waals surface area contributed by atoms with Crippen molar-refractivity contribution in [1.29, 1.82) is 0 Å². The average Bonchev–Trinajstić information content (AvgIpc) is 3.27. The Kier molecular flexibility index (Phi) is 5.45. The summed E-state index contributed by atoms with van der Waals surface area (Å²) in [5.74, 6) is 0.494. The zero-order chi connectivity index (χ0) is 22.9. The number of nitrogens with one attached hydrogen (secondary N) is 1. The largest absolute Gasteiger partial charge is 0.423 e. The van der Waals surface area contributed by atoms with Crippen molar-refractivity contribution in [2.24, 2.45) is 0 Å². The molecule has 1 aliphatic heterocycles. The highest BCUT2D eigenvalue weighted by Gasteiger charge is 2.24. The first-order chi connectivity index (χ1) is 16.0. The number of carbonyl (C=O) groups is 1. The Labute approximate surface area is 190 Å². The maximum Gasteiger partial charge on any atom is 0.298 e. The maximum absolute atomic E-state index is 13.1. The summed E-state index contributed by atoms with van der Waals surface area (Å²) < 4.78 is 5.88. The molecule has 0 unspecified atom stereocenters. The van der Waals surface area contributed by atoms with Crippen LogP contribution in [0.3, 0.4) is 0 Å². The Morgan fingerprint density at radius 3 is 2.67 bits per heavy atom. The molecule has 3 heterocycles. The Balaban J connectivity index is 1.29. The highest BCUT2D eigenvalue weighted by Crippen LogP contribution is 2.23. The molecule has 33 heavy (non-hydrogen) atoms. The Hall–Kier alpha value is -3.88. The first-order valence-corrected chi connectivity index (χ1v) is 11.2. The van der Waals surface area contributed by atoms with Crippen LogP contribution in [0.5, 0.6) is 0 Å². The molecule has 2 aromatic carbocycles. The Morgan fingerprint density at radius 2 is 1.88 bits per heavy atom. The van der Waals surface area contributed by atoms with Crippen LogP contribution in [0.25, 0.3) is 22.0 Å². The number of aromatic amines is 1. The van der Waals surface area contributed by atoms with Crippen LogP contribution in [0.4, 0.5) is 12.0 Å². The van der Waals surface area contributed by atoms with Gasteiger partial charge in [-0.2, -0.15) is 4.98 Å². The summed E-state index contributed by atoms with van der Waals surface area (Å²) in [6, 6.07) is 13.2. The molecule has 9 heteroatoms. The van der Waals surface area contributed by atoms with Crippen LogP contribution in [0.1, 0.15) is 23.7 Å². The molecular weight excluding hydrogens is 420 g/mol. The van der Waals surface area contributed by atoms with Crippen molar-refractivity contribution in [2.75, 3.05) is 49.6 Å². The van der Waals surface area contributed by atoms with Crippen LogP contribution >= 0.6 is 0 Å². The van der Waals surface area contributed by atoms with Gasteiger partial charge in [-0.25, -0.2) is 4.98 Å². The molecule has 0 bridgehead atoms. The van der Waals surface area contributed by atoms with E-state index in [-0.39, 0.29) is 11.5 Å². The molecule has 1 saturated heterocycles. The molecule has 9 nitrogen and oxygen atoms in total. The molecule has 2 aromatic heterocycles. The van der Waals surface area contributed by atoms with E-state index in [4.69, 9.17) is 4.42 Å². The van der Waals surface area contributed by atoms with Gasteiger partial charge in [-0.3, -0.25) is 14.6 Å². The lowest BCUT2D eigenvalue weighted by molar-refractivity contribution is 0.0746. The van der Waals surface area contributed by atoms with E-state index in [0.29, 0.717) is 60.2 Å². The highest BCUT2D eigenvalue weighted by atomic mass is 16.4. The van der Waals surface area contributed by atoms with E-state index in [1.165, 1.54) is 0 Å². The van der Waals surface area contributed by atoms with Crippen molar-refractivity contribution in [3.8, 4) is 0 Å². The number of anilines is 2. The van der Waals surface area contributed by atoms with Gasteiger partial charge >= 0.3 is 0 Å². The fraction of sp³-hybridized carbons (Fsp3) is 0.333. The third kappa shape index (κ3) is 4.02. The minimum Gasteiger partial charge on any atom is -0.423 e. The van der Waals surface area contributed by atoms with Gasteiger partial charge in [-0.1, -0.05) is 19.1 Å². The van der Waals surface area contributed by atoms with Crippen molar-refractivity contribution < 1.29 is 9.21 Å². The van der Waals surface area contributed by atoms with Crippen LogP contribution in [-0.2, 0) is 0 Å². The highest BCUT2D eigenvalue weighted by molar-refractivity contribution is 5.97. The van der Waals surface area contributed by atoms with Gasteiger partial charge in [-0.15, -0.1) is 0 Å². The van der Waals surface area contributed by atoms with E-state index in [2.05, 4.69) is 21.9 Å². The number of aromatic nitrogens is 3. The number of amides is 1. The van der Waals surface area contributed by atoms with Gasteiger partial charge in [0.25, 0.3) is 17.5 Å². The number of rotatable bonds is 5. The molecule has 0 radical (unpaired) electrons. The molecule has 0 spiro atoms. The monoisotopic (exact) mass is 446 g/mol. The predicted octanol–water partition coefficient (Wildman–Crippen LogP) is 2.87. The maximum atomic E-state index is 13.1. The molecule has 1 N–H and O–H groups in total. The van der Waals surface area contributed by atoms with Gasteiger partial charge in [0, 0.05) is 45.3 Å². The smallest absolute Gasteiger partial charge is 0.298 e. The Morgan fingerprint density at radius 1 is 1.09 bits per heavy atom. The summed E-state index contributed by atoms with van der Waals surface area (Å²) in [7, 11) is 1.94. The zero-order valence-electron chi connectivity index (χ0n) is 18.7. The van der Waals surface area contributed by atoms with E-state index in [0.717, 1.165) is 18.5 Å². The van der Waals surface area contributed by atoms with E-state index >= 15 is 0 Å². The van der Waals surface area contributed by atoms with E-state index in [1.807, 2.05) is 46.0 Å². The molecule has 0 saturated carbocycles. The van der Waals surface area contributed by atoms with Crippen molar-refractivity contribution >= 4 is 39.9 Å². The zero-order valence-corrected chi connectivity index (χ0v) is 18.7. The van der Waals surface area contributed by atoms with Crippen LogP contribution in [-0.4, -0.2) is 65.5 Å². The molecular formula is C24H26N6O3. The number of carbonyl (C=O) groups excluding carboxylic acids is 1. The fourth-order valence-corrected chi connectivity index (χ4v) is 4.17. The summed E-state index contributed by atoms with van der Waals surface area (Å²) in [4.78, 5) is 43.3. The van der Waals surface area contributed by atoms with Crippen molar-refractivity contribution in [3.05, 3.63) is 58.4 Å². The third-order valence-electron chi connectivity index (χ3n) is 5.98. The van der Waals surface area contributed by atoms with Gasteiger partial charge in [0.05, 0.1) is 10.9 Å². The molecule has 5 rings (SSSR count). The van der Waals surface area contributed by atoms with Gasteiger partial charge < -0.3 is 19.1 Å². The summed E-state index contributed by atoms with van der Waals surface area (Å²) in [5.41, 5.74) is 2.43. The summed E-state index contributed by atoms with van der Waals surface area (Å²) in [6.45, 7) is 5.19. The number of oxazole rings is 1. The lowest BCUT2D eigenvalue weighted by Gasteiger charge is -2.35. The number of nitrogens with zero attached hydrogens (tertiary/aromatic N) is 5. The summed E-state index contributed by atoms with van der Waals surface area (Å²) >= 11 is 0. The quantitative estimate of drug-likeness (QED) is 0.503. The van der Waals surface area contributed by atoms with Gasteiger partial charge in [0.1, 0.15) is 5.52 Å². The molecule has 170 valence electrons. The van der Waals surface area contributed by atoms with Crippen LogP contribution in [0.15, 0.2) is 51.7 Å². The molecule has 0 aliphatic carbocycles. The normalized spacial score (nSPS) is 14.2. The number of fused-ring (bicyclic) bond motifs is 2. The minimum absolute atomic E-state index is 0.0450. The molecule has 1 aliphatic rings. The first kappa shape index (κ1) is 21.0. The fourth-order valence-electron chi connectivity index (χ4n) is 4.17. The van der Waals surface area contributed by atoms with E-state index in [9.17, 15) is 9.59 Å². The standard InChI is InChI=1S/C24H26N6O3/c1-3-10-28(2)24-26-19-9-8-16(15-20(19)33-24)22(32)29-11-13-30(14-12-29)23-25-18-7-5-4-6-17(18)21(31)27-23/h4-9,15H,3,10-14H2,1-2H3,(H,25,27,31). The SMILES string of the molecule is CCCN(C)c1nc2ccc(C(=O)N3CCN(c4nc5ccccc5c(=O)[nH]4)CC3)cc2o1. The van der Waals surface area contributed by atoms with Crippen LogP contribution < -0.4 is 15.4 Å². The van der Waals surface area contributed by atoms with Crippen molar-refractivity contribution in [1.82, 2.24) is 19.9 Å². The topological polar surface area (TPSA) is 98.6 Å². The second-order valence-electron chi connectivity index (χ2n) is 8.29. The number of hydrogen-bond donors (Lipinski definition) is 1.